The highest BCUT2D eigenvalue weighted by molar-refractivity contribution is 8.39. The summed E-state index contributed by atoms with van der Waals surface area (Å²) < 4.78 is 0. The fourth-order valence-corrected chi connectivity index (χ4v) is 2.63. The van der Waals surface area contributed by atoms with E-state index in [-0.39, 0.29) is 0 Å². The maximum atomic E-state index is 3.99. The standard InChI is InChI=1S/C6H6S/c1-7-4-2-3-6(7)5-7/h2,4H,1,3H2. The van der Waals surface area contributed by atoms with Crippen LogP contribution in [-0.4, -0.2) is 10.9 Å². The lowest BCUT2D eigenvalue weighted by molar-refractivity contribution is 1.43. The first-order valence-corrected chi connectivity index (χ1v) is 4.14. The van der Waals surface area contributed by atoms with Crippen molar-refractivity contribution >= 4 is 20.1 Å². The van der Waals surface area contributed by atoms with Gasteiger partial charge in [-0.15, -0.1) is 9.21 Å². The molecule has 0 bridgehead atoms. The van der Waals surface area contributed by atoms with Crippen molar-refractivity contribution in [1.82, 2.24) is 0 Å². The Balaban J connectivity index is 2.75. The minimum absolute atomic E-state index is 0.644. The van der Waals surface area contributed by atoms with Gasteiger partial charge in [-0.1, -0.05) is 17.0 Å². The minimum atomic E-state index is -0.644. The van der Waals surface area contributed by atoms with Crippen LogP contribution >= 0.6 is 9.21 Å². The number of fused-ring (bicyclic) bond motifs is 1. The summed E-state index contributed by atoms with van der Waals surface area (Å²) in [5.41, 5.74) is 0. The van der Waals surface area contributed by atoms with Crippen molar-refractivity contribution < 1.29 is 0 Å². The summed E-state index contributed by atoms with van der Waals surface area (Å²) in [6.45, 7) is 0. The Hall–Kier alpha value is -0.390. The fourth-order valence-electron chi connectivity index (χ4n) is 0.808. The van der Waals surface area contributed by atoms with E-state index in [1.54, 1.807) is 0 Å². The van der Waals surface area contributed by atoms with Crippen LogP contribution in [0.3, 0.4) is 0 Å². The van der Waals surface area contributed by atoms with Crippen molar-refractivity contribution in [2.24, 2.45) is 0 Å². The molecule has 0 N–H and O–H groups in total. The minimum Gasteiger partial charge on any atom is -0.118 e. The molecule has 0 radical (unpaired) electrons. The summed E-state index contributed by atoms with van der Waals surface area (Å²) in [6.07, 6.45) is 3.33. The monoisotopic (exact) mass is 110 g/mol. The predicted octanol–water partition coefficient (Wildman–Crippen LogP) is 1.44. The van der Waals surface area contributed by atoms with Gasteiger partial charge < -0.3 is 0 Å². The molecule has 0 saturated carbocycles. The van der Waals surface area contributed by atoms with Crippen LogP contribution in [0.25, 0.3) is 0 Å². The van der Waals surface area contributed by atoms with Crippen molar-refractivity contribution in [2.75, 3.05) is 0 Å². The van der Waals surface area contributed by atoms with Gasteiger partial charge in [-0.3, -0.25) is 0 Å². The quantitative estimate of drug-likeness (QED) is 0.414. The molecular weight excluding hydrogens is 104 g/mol. The third kappa shape index (κ3) is 0.300. The summed E-state index contributed by atoms with van der Waals surface area (Å²) in [4.78, 5) is 1.47. The highest BCUT2D eigenvalue weighted by Crippen LogP contribution is 2.48. The highest BCUT2D eigenvalue weighted by atomic mass is 32.2. The van der Waals surface area contributed by atoms with E-state index in [9.17, 15) is 0 Å². The molecule has 7 heavy (non-hydrogen) atoms. The number of rotatable bonds is 0. The second-order valence-electron chi connectivity index (χ2n) is 1.89. The molecule has 0 aliphatic carbocycles. The second-order valence-corrected chi connectivity index (χ2v) is 4.45. The molecule has 0 aromatic carbocycles. The molecule has 2 rings (SSSR count). The second kappa shape index (κ2) is 0.750. The SMILES string of the molecule is C=S12=C=C1CC=C2. The Kier molecular flexibility index (Phi) is 0.385. The third-order valence-corrected chi connectivity index (χ3v) is 3.54. The average Bonchev–Trinajstić information content (AvgIpc) is 2.09. The Morgan fingerprint density at radius 2 is 2.71 bits per heavy atom. The normalized spacial score (nSPS) is 42.0. The summed E-state index contributed by atoms with van der Waals surface area (Å²) in [5, 5.41) is 5.44. The molecule has 0 nitrogen and oxygen atoms in total. The number of hydrogen-bond acceptors (Lipinski definition) is 0. The van der Waals surface area contributed by atoms with Crippen LogP contribution in [0.15, 0.2) is 16.4 Å². The Labute approximate surface area is 43.6 Å². The molecule has 2 aliphatic rings. The first-order valence-electron chi connectivity index (χ1n) is 2.28. The maximum Gasteiger partial charge on any atom is 0.0363 e. The Bertz CT molecular complexity index is 279. The van der Waals surface area contributed by atoms with Gasteiger partial charge in [0.15, 0.2) is 0 Å². The molecule has 0 amide bonds. The lowest BCUT2D eigenvalue weighted by Crippen LogP contribution is -1.49. The highest BCUT2D eigenvalue weighted by Gasteiger charge is 2.17. The summed E-state index contributed by atoms with van der Waals surface area (Å²) in [6, 6.07) is 0. The molecule has 1 unspecified atom stereocenters. The Morgan fingerprint density at radius 1 is 1.86 bits per heavy atom. The first-order chi connectivity index (χ1) is 3.31. The van der Waals surface area contributed by atoms with Gasteiger partial charge in [-0.25, -0.2) is 0 Å². The van der Waals surface area contributed by atoms with Crippen LogP contribution in [0.1, 0.15) is 6.42 Å². The predicted molar refractivity (Wildman–Crippen MR) is 37.0 cm³/mol. The van der Waals surface area contributed by atoms with E-state index in [2.05, 4.69) is 22.4 Å². The van der Waals surface area contributed by atoms with Crippen molar-refractivity contribution in [3.05, 3.63) is 16.4 Å². The maximum absolute atomic E-state index is 3.99. The zero-order valence-electron chi connectivity index (χ0n) is 3.98. The molecule has 0 fully saturated rings. The summed E-state index contributed by atoms with van der Waals surface area (Å²) in [7, 11) is -0.644. The largest absolute Gasteiger partial charge is 0.118 e. The molecular formula is C6H6S. The van der Waals surface area contributed by atoms with Crippen molar-refractivity contribution in [1.29, 1.82) is 0 Å². The van der Waals surface area contributed by atoms with E-state index in [1.807, 2.05) is 0 Å². The van der Waals surface area contributed by atoms with Gasteiger partial charge in [0.2, 0.25) is 0 Å². The van der Waals surface area contributed by atoms with E-state index >= 15 is 0 Å². The van der Waals surface area contributed by atoms with Gasteiger partial charge in [0.1, 0.15) is 0 Å². The summed E-state index contributed by atoms with van der Waals surface area (Å²) in [5.74, 6) is 3.99. The van der Waals surface area contributed by atoms with E-state index < -0.39 is 9.21 Å². The molecule has 1 heteroatoms. The van der Waals surface area contributed by atoms with E-state index in [0.29, 0.717) is 0 Å². The topological polar surface area (TPSA) is 0 Å². The van der Waals surface area contributed by atoms with Crippen LogP contribution in [0.5, 0.6) is 0 Å². The molecule has 0 aromatic heterocycles. The van der Waals surface area contributed by atoms with Gasteiger partial charge in [-0.05, 0) is 5.41 Å². The average molecular weight is 110 g/mol. The van der Waals surface area contributed by atoms with E-state index in [4.69, 9.17) is 0 Å². The van der Waals surface area contributed by atoms with Crippen LogP contribution in [0, 0.1) is 0 Å². The fraction of sp³-hybridized carbons (Fsp3) is 0.167. The smallest absolute Gasteiger partial charge is 0.0363 e. The van der Waals surface area contributed by atoms with E-state index in [0.717, 1.165) is 6.42 Å². The lowest BCUT2D eigenvalue weighted by Gasteiger charge is -1.79. The third-order valence-electron chi connectivity index (χ3n) is 1.33. The van der Waals surface area contributed by atoms with Gasteiger partial charge >= 0.3 is 0 Å². The van der Waals surface area contributed by atoms with Crippen molar-refractivity contribution in [3.8, 4) is 0 Å². The molecule has 2 heterocycles. The molecule has 0 spiro atoms. The first kappa shape index (κ1) is 3.59. The van der Waals surface area contributed by atoms with Crippen LogP contribution in [0.2, 0.25) is 0 Å². The Morgan fingerprint density at radius 3 is 2.86 bits per heavy atom. The van der Waals surface area contributed by atoms with Crippen molar-refractivity contribution in [3.63, 3.8) is 0 Å². The van der Waals surface area contributed by atoms with Crippen LogP contribution in [-0.2, 0) is 0 Å². The molecule has 36 valence electrons. The zero-order valence-corrected chi connectivity index (χ0v) is 4.79. The van der Waals surface area contributed by atoms with Gasteiger partial charge in [0.05, 0.1) is 0 Å². The lowest BCUT2D eigenvalue weighted by atomic mass is 10.4. The van der Waals surface area contributed by atoms with Crippen LogP contribution in [0.4, 0.5) is 0 Å². The molecule has 2 aliphatic heterocycles. The molecule has 0 aromatic rings. The van der Waals surface area contributed by atoms with Gasteiger partial charge in [0.25, 0.3) is 0 Å². The van der Waals surface area contributed by atoms with Gasteiger partial charge in [-0.2, -0.15) is 0 Å². The zero-order chi connectivity index (χ0) is 4.91. The van der Waals surface area contributed by atoms with Gasteiger partial charge in [0, 0.05) is 11.3 Å². The number of hydrogen-bond donors (Lipinski definition) is 0. The van der Waals surface area contributed by atoms with E-state index in [1.165, 1.54) is 4.91 Å². The molecule has 0 saturated heterocycles. The van der Waals surface area contributed by atoms with Crippen LogP contribution < -0.4 is 0 Å². The van der Waals surface area contributed by atoms with Crippen molar-refractivity contribution in [2.45, 2.75) is 6.42 Å². The molecule has 1 atom stereocenters. The number of allylic oxidation sites excluding steroid dienone is 2. The summed E-state index contributed by atoms with van der Waals surface area (Å²) >= 11 is 0.